The molecule has 0 saturated carbocycles. The zero-order valence-electron chi connectivity index (χ0n) is 34.9. The standard InChI is InChI=1S/C61H39N3/c1-3-19-53-45(13-1)46-14-2-4-20-54(46)61(53)41-29-35-51-49-17-7-9-21-55(49)62(59(51)37-41)42-30-25-39(26-31-42)40-27-32-43(33-28-40)63-56-22-10-8-18-50(56)52-36-34-44(38-60(52)63)64-57-23-11-5-15-47(57)48-16-6-12-24-58(48)64/h1-38,61H. The number of fused-ring (bicyclic) bond motifs is 12. The van der Waals surface area contributed by atoms with E-state index >= 15 is 0 Å². The van der Waals surface area contributed by atoms with Gasteiger partial charge < -0.3 is 13.7 Å². The van der Waals surface area contributed by atoms with Crippen molar-refractivity contribution in [3.63, 3.8) is 0 Å². The highest BCUT2D eigenvalue weighted by Crippen LogP contribution is 2.49. The summed E-state index contributed by atoms with van der Waals surface area (Å²) in [5.41, 5.74) is 19.8. The molecule has 0 fully saturated rings. The van der Waals surface area contributed by atoms with Gasteiger partial charge in [-0.1, -0.05) is 164 Å². The van der Waals surface area contributed by atoms with E-state index in [2.05, 4.69) is 244 Å². The molecule has 0 spiro atoms. The molecular weight excluding hydrogens is 775 g/mol. The van der Waals surface area contributed by atoms with E-state index in [0.29, 0.717) is 0 Å². The van der Waals surface area contributed by atoms with Gasteiger partial charge in [-0.25, -0.2) is 0 Å². The average molecular weight is 814 g/mol. The minimum Gasteiger partial charge on any atom is -0.309 e. The minimum absolute atomic E-state index is 0.193. The lowest BCUT2D eigenvalue weighted by Crippen LogP contribution is -2.00. The Morgan fingerprint density at radius 1 is 0.250 bits per heavy atom. The van der Waals surface area contributed by atoms with Crippen molar-refractivity contribution >= 4 is 65.4 Å². The van der Waals surface area contributed by atoms with Crippen molar-refractivity contribution in [2.75, 3.05) is 0 Å². The number of hydrogen-bond donors (Lipinski definition) is 0. The molecule has 0 atom stereocenters. The molecule has 3 heteroatoms. The summed E-state index contributed by atoms with van der Waals surface area (Å²) in [4.78, 5) is 0. The van der Waals surface area contributed by atoms with E-state index in [4.69, 9.17) is 0 Å². The highest BCUT2D eigenvalue weighted by atomic mass is 15.0. The zero-order valence-corrected chi connectivity index (χ0v) is 34.9. The SMILES string of the molecule is c1ccc2c(c1)-c1ccccc1C2c1ccc2c3ccccc3n(-c3ccc(-c4ccc(-n5c6ccccc6c6ccc(-n7c8ccccc8c8ccccc87)cc65)cc4)cc3)c2c1. The number of hydrogen-bond acceptors (Lipinski definition) is 0. The molecule has 0 radical (unpaired) electrons. The second-order valence-corrected chi connectivity index (χ2v) is 17.3. The first-order valence-corrected chi connectivity index (χ1v) is 22.2. The summed E-state index contributed by atoms with van der Waals surface area (Å²) in [5, 5.41) is 7.57. The van der Waals surface area contributed by atoms with Crippen LogP contribution in [0.2, 0.25) is 0 Å². The Morgan fingerprint density at radius 2 is 0.594 bits per heavy atom. The molecule has 0 saturated heterocycles. The van der Waals surface area contributed by atoms with E-state index in [1.165, 1.54) is 104 Å². The summed E-state index contributed by atoms with van der Waals surface area (Å²) in [6.07, 6.45) is 0. The van der Waals surface area contributed by atoms with E-state index in [-0.39, 0.29) is 5.92 Å². The molecule has 0 amide bonds. The van der Waals surface area contributed by atoms with Gasteiger partial charge in [0, 0.05) is 55.3 Å². The van der Waals surface area contributed by atoms with Crippen molar-refractivity contribution in [2.24, 2.45) is 0 Å². The van der Waals surface area contributed by atoms with Crippen molar-refractivity contribution in [2.45, 2.75) is 5.92 Å². The molecule has 14 rings (SSSR count). The molecule has 298 valence electrons. The Bertz CT molecular complexity index is 3910. The largest absolute Gasteiger partial charge is 0.309 e. The van der Waals surface area contributed by atoms with E-state index in [1.807, 2.05) is 0 Å². The number of aromatic nitrogens is 3. The van der Waals surface area contributed by atoms with Gasteiger partial charge in [-0.3, -0.25) is 0 Å². The molecule has 0 unspecified atom stereocenters. The number of rotatable bonds is 5. The maximum absolute atomic E-state index is 2.45. The lowest BCUT2D eigenvalue weighted by Gasteiger charge is -2.16. The first-order valence-electron chi connectivity index (χ1n) is 22.2. The predicted molar refractivity (Wildman–Crippen MR) is 268 cm³/mol. The highest BCUT2D eigenvalue weighted by Gasteiger charge is 2.30. The normalized spacial score (nSPS) is 12.6. The predicted octanol–water partition coefficient (Wildman–Crippen LogP) is 15.8. The first kappa shape index (κ1) is 35.2. The van der Waals surface area contributed by atoms with Gasteiger partial charge in [-0.2, -0.15) is 0 Å². The summed E-state index contributed by atoms with van der Waals surface area (Å²) in [6, 6.07) is 85.1. The molecule has 1 aliphatic carbocycles. The minimum atomic E-state index is 0.193. The maximum Gasteiger partial charge on any atom is 0.0561 e. The second kappa shape index (κ2) is 13.5. The van der Waals surface area contributed by atoms with Crippen molar-refractivity contribution in [3.05, 3.63) is 247 Å². The van der Waals surface area contributed by atoms with Gasteiger partial charge in [0.25, 0.3) is 0 Å². The molecule has 1 aliphatic rings. The molecule has 13 aromatic rings. The zero-order chi connectivity index (χ0) is 41.9. The van der Waals surface area contributed by atoms with Crippen molar-refractivity contribution in [1.82, 2.24) is 13.7 Å². The lowest BCUT2D eigenvalue weighted by atomic mass is 9.89. The molecule has 3 nitrogen and oxygen atoms in total. The summed E-state index contributed by atoms with van der Waals surface area (Å²) in [6.45, 7) is 0. The van der Waals surface area contributed by atoms with Crippen LogP contribution in [0.4, 0.5) is 0 Å². The van der Waals surface area contributed by atoms with E-state index in [9.17, 15) is 0 Å². The Labute approximate surface area is 369 Å². The maximum atomic E-state index is 2.45. The molecule has 0 bridgehead atoms. The second-order valence-electron chi connectivity index (χ2n) is 17.3. The third-order valence-corrected chi connectivity index (χ3v) is 13.9. The summed E-state index contributed by atoms with van der Waals surface area (Å²) >= 11 is 0. The third kappa shape index (κ3) is 5.04. The molecule has 10 aromatic carbocycles. The average Bonchev–Trinajstić information content (AvgIpc) is 4.09. The van der Waals surface area contributed by atoms with Crippen LogP contribution in [0.3, 0.4) is 0 Å². The summed E-state index contributed by atoms with van der Waals surface area (Å²) in [5.74, 6) is 0.193. The van der Waals surface area contributed by atoms with Crippen molar-refractivity contribution in [3.8, 4) is 39.3 Å². The monoisotopic (exact) mass is 813 g/mol. The van der Waals surface area contributed by atoms with Gasteiger partial charge in [-0.05, 0) is 106 Å². The third-order valence-electron chi connectivity index (χ3n) is 13.9. The van der Waals surface area contributed by atoms with Crippen LogP contribution in [-0.4, -0.2) is 13.7 Å². The number of para-hydroxylation sites is 4. The first-order chi connectivity index (χ1) is 31.8. The smallest absolute Gasteiger partial charge is 0.0561 e. The lowest BCUT2D eigenvalue weighted by molar-refractivity contribution is 1.02. The van der Waals surface area contributed by atoms with Crippen LogP contribution in [0, 0.1) is 0 Å². The fourth-order valence-corrected chi connectivity index (χ4v) is 11.1. The Kier molecular flexibility index (Phi) is 7.46. The summed E-state index contributed by atoms with van der Waals surface area (Å²) in [7, 11) is 0. The van der Waals surface area contributed by atoms with Crippen LogP contribution < -0.4 is 0 Å². The quantitative estimate of drug-likeness (QED) is 0.164. The molecule has 0 N–H and O–H groups in total. The highest BCUT2D eigenvalue weighted by molar-refractivity contribution is 6.12. The Hall–Kier alpha value is -8.40. The summed E-state index contributed by atoms with van der Waals surface area (Å²) < 4.78 is 7.28. The van der Waals surface area contributed by atoms with Crippen LogP contribution in [0.5, 0.6) is 0 Å². The fourth-order valence-electron chi connectivity index (χ4n) is 11.1. The van der Waals surface area contributed by atoms with E-state index < -0.39 is 0 Å². The van der Waals surface area contributed by atoms with Crippen LogP contribution in [0.25, 0.3) is 105 Å². The molecule has 3 aromatic heterocycles. The van der Waals surface area contributed by atoms with Crippen molar-refractivity contribution < 1.29 is 0 Å². The molecule has 0 aliphatic heterocycles. The van der Waals surface area contributed by atoms with Gasteiger partial charge in [-0.15, -0.1) is 0 Å². The Balaban J connectivity index is 0.852. The fraction of sp³-hybridized carbons (Fsp3) is 0.0164. The topological polar surface area (TPSA) is 14.8 Å². The Morgan fingerprint density at radius 3 is 1.06 bits per heavy atom. The molecular formula is C61H39N3. The van der Waals surface area contributed by atoms with E-state index in [1.54, 1.807) is 0 Å². The van der Waals surface area contributed by atoms with Crippen LogP contribution in [-0.2, 0) is 0 Å². The number of nitrogens with zero attached hydrogens (tertiary/aromatic N) is 3. The van der Waals surface area contributed by atoms with Gasteiger partial charge in [0.15, 0.2) is 0 Å². The van der Waals surface area contributed by atoms with Gasteiger partial charge in [0.2, 0.25) is 0 Å². The van der Waals surface area contributed by atoms with Gasteiger partial charge >= 0.3 is 0 Å². The van der Waals surface area contributed by atoms with Crippen LogP contribution in [0.15, 0.2) is 231 Å². The van der Waals surface area contributed by atoms with E-state index in [0.717, 1.165) is 17.1 Å². The van der Waals surface area contributed by atoms with Gasteiger partial charge in [0.05, 0.1) is 33.1 Å². The van der Waals surface area contributed by atoms with Crippen molar-refractivity contribution in [1.29, 1.82) is 0 Å². The van der Waals surface area contributed by atoms with Gasteiger partial charge in [0.1, 0.15) is 0 Å². The molecule has 3 heterocycles. The molecule has 64 heavy (non-hydrogen) atoms. The van der Waals surface area contributed by atoms with Crippen LogP contribution >= 0.6 is 0 Å². The van der Waals surface area contributed by atoms with Crippen LogP contribution in [0.1, 0.15) is 22.6 Å². The number of benzene rings is 10.